The summed E-state index contributed by atoms with van der Waals surface area (Å²) in [7, 11) is 6.00. The number of hydrogen-bond acceptors (Lipinski definition) is 7. The summed E-state index contributed by atoms with van der Waals surface area (Å²) in [4.78, 5) is 37.7. The fourth-order valence-electron chi connectivity index (χ4n) is 11.9. The standard InChI is InChI=1S/C80H151NO8/c1-6-8-10-12-14-16-18-20-22-24-26-28-30-32-34-36-37-38-39-40-41-43-44-46-48-50-52-54-56-58-60-62-64-66-68-70-77(82)87-74-76(75-88-80(79(84)85)86-73-72-81(3,4)5)89-78(83)71-69-67-65-63-61-59-57-55-53-51-49-47-45-42-35-33-31-29-27-25-23-21-19-17-15-13-11-9-7-2/h19,21,24-27,76,80H,6-18,20,22-23,28-75H2,1-5H3/p+1/b21-19-,26-24-,27-25-. The maximum Gasteiger partial charge on any atom is 0.361 e. The van der Waals surface area contributed by atoms with Crippen LogP contribution in [0.3, 0.4) is 0 Å². The van der Waals surface area contributed by atoms with Gasteiger partial charge in [0.15, 0.2) is 6.10 Å². The number of carbonyl (C=O) groups is 3. The molecule has 9 nitrogen and oxygen atoms in total. The van der Waals surface area contributed by atoms with Crippen LogP contribution in [-0.4, -0.2) is 87.4 Å². The quantitative estimate of drug-likeness (QED) is 0.0211. The van der Waals surface area contributed by atoms with Gasteiger partial charge >= 0.3 is 17.9 Å². The summed E-state index contributed by atoms with van der Waals surface area (Å²) in [6, 6.07) is 0. The zero-order valence-electron chi connectivity index (χ0n) is 60.1. The monoisotopic (exact) mass is 1260 g/mol. The van der Waals surface area contributed by atoms with Gasteiger partial charge in [-0.1, -0.05) is 352 Å². The molecule has 9 heteroatoms. The Hall–Kier alpha value is -2.49. The van der Waals surface area contributed by atoms with Gasteiger partial charge in [0, 0.05) is 12.8 Å². The fraction of sp³-hybridized carbons (Fsp3) is 0.887. The van der Waals surface area contributed by atoms with Crippen molar-refractivity contribution in [1.29, 1.82) is 0 Å². The van der Waals surface area contributed by atoms with Crippen molar-refractivity contribution >= 4 is 17.9 Å². The molecule has 0 aliphatic heterocycles. The summed E-state index contributed by atoms with van der Waals surface area (Å²) < 4.78 is 23.1. The number of likely N-dealkylation sites (N-methyl/N-ethyl adjacent to an activating group) is 1. The van der Waals surface area contributed by atoms with Crippen molar-refractivity contribution in [2.45, 2.75) is 411 Å². The van der Waals surface area contributed by atoms with Crippen molar-refractivity contribution in [3.8, 4) is 0 Å². The highest BCUT2D eigenvalue weighted by atomic mass is 16.7. The topological polar surface area (TPSA) is 108 Å². The Morgan fingerprint density at radius 1 is 0.337 bits per heavy atom. The predicted octanol–water partition coefficient (Wildman–Crippen LogP) is 24.7. The minimum atomic E-state index is -1.51. The number of allylic oxidation sites excluding steroid dienone is 6. The number of nitrogens with zero attached hydrogens (tertiary/aromatic N) is 1. The average Bonchev–Trinajstić information content (AvgIpc) is 3.71. The first kappa shape index (κ1) is 86.5. The normalized spacial score (nSPS) is 12.8. The van der Waals surface area contributed by atoms with Gasteiger partial charge in [-0.05, 0) is 70.6 Å². The molecular formula is C80H152NO8+. The van der Waals surface area contributed by atoms with E-state index in [0.717, 1.165) is 44.9 Å². The van der Waals surface area contributed by atoms with E-state index in [1.807, 2.05) is 21.1 Å². The molecule has 1 N–H and O–H groups in total. The van der Waals surface area contributed by atoms with Crippen molar-refractivity contribution in [3.63, 3.8) is 0 Å². The highest BCUT2D eigenvalue weighted by Crippen LogP contribution is 2.19. The third-order valence-electron chi connectivity index (χ3n) is 17.9. The molecule has 0 fully saturated rings. The Morgan fingerprint density at radius 2 is 0.607 bits per heavy atom. The van der Waals surface area contributed by atoms with Crippen molar-refractivity contribution in [2.24, 2.45) is 0 Å². The van der Waals surface area contributed by atoms with E-state index in [1.165, 1.54) is 327 Å². The van der Waals surface area contributed by atoms with Crippen molar-refractivity contribution in [1.82, 2.24) is 0 Å². The molecule has 89 heavy (non-hydrogen) atoms. The van der Waals surface area contributed by atoms with E-state index in [4.69, 9.17) is 18.9 Å². The summed E-state index contributed by atoms with van der Waals surface area (Å²) in [6.45, 7) is 4.94. The van der Waals surface area contributed by atoms with E-state index in [0.29, 0.717) is 17.4 Å². The van der Waals surface area contributed by atoms with Gasteiger partial charge in [-0.15, -0.1) is 0 Å². The molecule has 0 saturated carbocycles. The molecule has 0 saturated heterocycles. The minimum absolute atomic E-state index is 0.176. The van der Waals surface area contributed by atoms with Crippen LogP contribution in [0.25, 0.3) is 0 Å². The Morgan fingerprint density at radius 3 is 0.899 bits per heavy atom. The van der Waals surface area contributed by atoms with Crippen LogP contribution in [0.4, 0.5) is 0 Å². The first-order valence-electron chi connectivity index (χ1n) is 39.2. The zero-order chi connectivity index (χ0) is 64.7. The van der Waals surface area contributed by atoms with Crippen LogP contribution < -0.4 is 0 Å². The molecule has 0 amide bonds. The summed E-state index contributed by atoms with van der Waals surface area (Å²) in [5.74, 6) is -1.97. The number of quaternary nitrogens is 1. The Kier molecular flexibility index (Phi) is 69.4. The molecule has 0 aromatic carbocycles. The van der Waals surface area contributed by atoms with E-state index in [1.54, 1.807) is 0 Å². The summed E-state index contributed by atoms with van der Waals surface area (Å²) in [5, 5.41) is 9.77. The highest BCUT2D eigenvalue weighted by Gasteiger charge is 2.25. The smallest absolute Gasteiger partial charge is 0.361 e. The molecule has 0 bridgehead atoms. The molecule has 2 unspecified atom stereocenters. The lowest BCUT2D eigenvalue weighted by molar-refractivity contribution is -0.870. The van der Waals surface area contributed by atoms with Crippen LogP contribution in [0.2, 0.25) is 0 Å². The largest absolute Gasteiger partial charge is 0.477 e. The summed E-state index contributed by atoms with van der Waals surface area (Å²) in [6.07, 6.45) is 88.7. The number of carboxylic acid groups (broad SMARTS) is 1. The van der Waals surface area contributed by atoms with Gasteiger partial charge in [0.25, 0.3) is 6.29 Å². The summed E-state index contributed by atoms with van der Waals surface area (Å²) >= 11 is 0. The molecule has 0 radical (unpaired) electrons. The van der Waals surface area contributed by atoms with Crippen LogP contribution >= 0.6 is 0 Å². The second-order valence-corrected chi connectivity index (χ2v) is 28.0. The fourth-order valence-corrected chi connectivity index (χ4v) is 11.9. The number of carbonyl (C=O) groups excluding carboxylic acids is 2. The molecule has 2 atom stereocenters. The second-order valence-electron chi connectivity index (χ2n) is 28.0. The Bertz CT molecular complexity index is 1550. The predicted molar refractivity (Wildman–Crippen MR) is 383 cm³/mol. The Balaban J connectivity index is 3.98. The van der Waals surface area contributed by atoms with Gasteiger partial charge in [0.2, 0.25) is 0 Å². The van der Waals surface area contributed by atoms with Crippen LogP contribution in [0.1, 0.15) is 399 Å². The lowest BCUT2D eigenvalue weighted by Crippen LogP contribution is -2.40. The van der Waals surface area contributed by atoms with Gasteiger partial charge in [0.05, 0.1) is 34.4 Å². The molecule has 0 aromatic heterocycles. The third kappa shape index (κ3) is 72.8. The van der Waals surface area contributed by atoms with E-state index in [9.17, 15) is 19.5 Å². The number of hydrogen-bond donors (Lipinski definition) is 1. The zero-order valence-corrected chi connectivity index (χ0v) is 60.1. The van der Waals surface area contributed by atoms with Gasteiger partial charge in [0.1, 0.15) is 13.2 Å². The van der Waals surface area contributed by atoms with E-state index in [2.05, 4.69) is 50.3 Å². The average molecular weight is 1260 g/mol. The van der Waals surface area contributed by atoms with Gasteiger partial charge in [-0.2, -0.15) is 0 Å². The van der Waals surface area contributed by atoms with Crippen molar-refractivity contribution < 1.29 is 42.9 Å². The van der Waals surface area contributed by atoms with E-state index in [-0.39, 0.29) is 38.2 Å². The summed E-state index contributed by atoms with van der Waals surface area (Å²) in [5.41, 5.74) is 0. The molecule has 0 aromatic rings. The number of unbranched alkanes of at least 4 members (excludes halogenated alkanes) is 53. The number of ether oxygens (including phenoxy) is 4. The molecule has 524 valence electrons. The SMILES string of the molecule is CCCCCCC/C=C\C/C=C\CCCCCCCCCCCCCCCCCCCC(=O)OC(COC(=O)CCCCCCCCCCCCCCCCCCCCCCCCC/C=C\CCCCCCCCCC)COC(OCC[N+](C)(C)C)C(=O)O. The van der Waals surface area contributed by atoms with Crippen LogP contribution in [0, 0.1) is 0 Å². The lowest BCUT2D eigenvalue weighted by atomic mass is 10.0. The van der Waals surface area contributed by atoms with Crippen LogP contribution in [-0.2, 0) is 33.3 Å². The van der Waals surface area contributed by atoms with Gasteiger partial charge in [-0.25, -0.2) is 4.79 Å². The van der Waals surface area contributed by atoms with Crippen LogP contribution in [0.5, 0.6) is 0 Å². The number of rotatable bonds is 74. The van der Waals surface area contributed by atoms with Gasteiger partial charge < -0.3 is 28.5 Å². The lowest BCUT2D eigenvalue weighted by Gasteiger charge is -2.25. The third-order valence-corrected chi connectivity index (χ3v) is 17.9. The van der Waals surface area contributed by atoms with Crippen LogP contribution in [0.15, 0.2) is 36.5 Å². The maximum absolute atomic E-state index is 13.0. The molecule has 0 aliphatic rings. The molecular weight excluding hydrogens is 1100 g/mol. The van der Waals surface area contributed by atoms with Crippen molar-refractivity contribution in [3.05, 3.63) is 36.5 Å². The number of carboxylic acids is 1. The molecule has 0 heterocycles. The second kappa shape index (κ2) is 71.4. The first-order valence-corrected chi connectivity index (χ1v) is 39.2. The highest BCUT2D eigenvalue weighted by molar-refractivity contribution is 5.71. The van der Waals surface area contributed by atoms with Crippen molar-refractivity contribution in [2.75, 3.05) is 47.5 Å². The minimum Gasteiger partial charge on any atom is -0.477 e. The molecule has 0 spiro atoms. The number of aliphatic carboxylic acids is 1. The molecule has 0 aliphatic carbocycles. The Labute approximate surface area is 553 Å². The van der Waals surface area contributed by atoms with Gasteiger partial charge in [-0.3, -0.25) is 9.59 Å². The number of esters is 2. The maximum atomic E-state index is 13.0. The molecule has 0 rings (SSSR count). The first-order chi connectivity index (χ1) is 43.6. The van der Waals surface area contributed by atoms with E-state index >= 15 is 0 Å². The van der Waals surface area contributed by atoms with E-state index < -0.39 is 18.4 Å².